The summed E-state index contributed by atoms with van der Waals surface area (Å²) in [5.41, 5.74) is 0. The van der Waals surface area contributed by atoms with Gasteiger partial charge in [-0.05, 0) is 18.1 Å². The predicted molar refractivity (Wildman–Crippen MR) is 50.7 cm³/mol. The van der Waals surface area contributed by atoms with Gasteiger partial charge in [0.05, 0.1) is 6.07 Å². The highest BCUT2D eigenvalue weighted by Gasteiger charge is 2.32. The largest absolute Gasteiger partial charge is 0.432 e. The van der Waals surface area contributed by atoms with Gasteiger partial charge in [0.25, 0.3) is 0 Å². The standard InChI is InChI=1S/C6H16OSi.C2H3N/c1-6(2,3)8(4,5)7;1-2-3/h7H,1-5H3;1H3. The van der Waals surface area contributed by atoms with E-state index in [0.717, 1.165) is 0 Å². The van der Waals surface area contributed by atoms with Crippen LogP contribution < -0.4 is 0 Å². The molecule has 0 unspecified atom stereocenters. The Morgan fingerprint density at radius 1 is 1.27 bits per heavy atom. The minimum atomic E-state index is -1.86. The van der Waals surface area contributed by atoms with E-state index in [0.29, 0.717) is 0 Å². The van der Waals surface area contributed by atoms with E-state index in [2.05, 4.69) is 20.8 Å². The van der Waals surface area contributed by atoms with Crippen LogP contribution in [-0.4, -0.2) is 13.1 Å². The molecule has 0 radical (unpaired) electrons. The second kappa shape index (κ2) is 4.53. The average molecular weight is 173 g/mol. The summed E-state index contributed by atoms with van der Waals surface area (Å²) >= 11 is 0. The van der Waals surface area contributed by atoms with Gasteiger partial charge in [-0.2, -0.15) is 5.26 Å². The quantitative estimate of drug-likeness (QED) is 0.572. The molecule has 0 rings (SSSR count). The smallest absolute Gasteiger partial charge is 0.187 e. The molecule has 0 atom stereocenters. The van der Waals surface area contributed by atoms with Gasteiger partial charge in [-0.1, -0.05) is 20.8 Å². The molecule has 0 aliphatic rings. The monoisotopic (exact) mass is 173 g/mol. The second-order valence-electron chi connectivity index (χ2n) is 4.03. The van der Waals surface area contributed by atoms with Crippen molar-refractivity contribution in [3.8, 4) is 6.07 Å². The lowest BCUT2D eigenvalue weighted by atomic mass is 10.2. The normalized spacial score (nSPS) is 11.1. The van der Waals surface area contributed by atoms with Crippen LogP contribution >= 0.6 is 0 Å². The fourth-order valence-corrected chi connectivity index (χ4v) is 0. The van der Waals surface area contributed by atoms with Gasteiger partial charge in [0.15, 0.2) is 8.32 Å². The first kappa shape index (κ1) is 13.3. The molecule has 0 aromatic rings. The molecule has 0 aliphatic carbocycles. The summed E-state index contributed by atoms with van der Waals surface area (Å²) in [4.78, 5) is 9.49. The van der Waals surface area contributed by atoms with Gasteiger partial charge in [-0.3, -0.25) is 0 Å². The lowest BCUT2D eigenvalue weighted by Crippen LogP contribution is -2.36. The summed E-state index contributed by atoms with van der Waals surface area (Å²) in [7, 11) is -1.86. The van der Waals surface area contributed by atoms with Crippen LogP contribution in [0, 0.1) is 11.3 Å². The number of nitrogens with zero attached hydrogens (tertiary/aromatic N) is 1. The van der Waals surface area contributed by atoms with Gasteiger partial charge in [0, 0.05) is 6.92 Å². The van der Waals surface area contributed by atoms with Crippen molar-refractivity contribution in [3.05, 3.63) is 0 Å². The summed E-state index contributed by atoms with van der Waals surface area (Å²) < 4.78 is 0. The molecule has 0 amide bonds. The molecule has 3 heteroatoms. The molecule has 0 saturated heterocycles. The van der Waals surface area contributed by atoms with Crippen LogP contribution in [0.15, 0.2) is 0 Å². The molecule has 0 aliphatic heterocycles. The topological polar surface area (TPSA) is 44.0 Å². The van der Waals surface area contributed by atoms with Crippen molar-refractivity contribution in [2.24, 2.45) is 0 Å². The van der Waals surface area contributed by atoms with Crippen molar-refractivity contribution in [2.75, 3.05) is 0 Å². The maximum absolute atomic E-state index is 9.49. The minimum Gasteiger partial charge on any atom is -0.432 e. The van der Waals surface area contributed by atoms with Crippen molar-refractivity contribution in [1.29, 1.82) is 5.26 Å². The van der Waals surface area contributed by atoms with Gasteiger partial charge in [-0.15, -0.1) is 0 Å². The number of hydrogen-bond acceptors (Lipinski definition) is 2. The first-order chi connectivity index (χ1) is 4.66. The molecule has 1 N–H and O–H groups in total. The van der Waals surface area contributed by atoms with E-state index in [1.54, 1.807) is 6.07 Å². The highest BCUT2D eigenvalue weighted by molar-refractivity contribution is 6.72. The Kier molecular flexibility index (Phi) is 5.46. The summed E-state index contributed by atoms with van der Waals surface area (Å²) in [5, 5.41) is 7.45. The third kappa shape index (κ3) is 7.56. The van der Waals surface area contributed by atoms with Gasteiger partial charge in [-0.25, -0.2) is 0 Å². The Hall–Kier alpha value is -0.333. The zero-order valence-corrected chi connectivity index (χ0v) is 9.39. The van der Waals surface area contributed by atoms with E-state index in [-0.39, 0.29) is 5.04 Å². The van der Waals surface area contributed by atoms with Gasteiger partial charge in [0.1, 0.15) is 0 Å². The third-order valence-electron chi connectivity index (χ3n) is 1.84. The first-order valence-electron chi connectivity index (χ1n) is 3.70. The summed E-state index contributed by atoms with van der Waals surface area (Å²) in [6.07, 6.45) is 0. The van der Waals surface area contributed by atoms with Gasteiger partial charge in [0.2, 0.25) is 0 Å². The minimum absolute atomic E-state index is 0.132. The lowest BCUT2D eigenvalue weighted by molar-refractivity contribution is 0.487. The van der Waals surface area contributed by atoms with Crippen LogP contribution in [0.4, 0.5) is 0 Å². The maximum atomic E-state index is 9.49. The molecule has 0 aromatic heterocycles. The number of nitriles is 1. The molecule has 0 heterocycles. The summed E-state index contributed by atoms with van der Waals surface area (Å²) in [6, 6.07) is 1.75. The van der Waals surface area contributed by atoms with Crippen molar-refractivity contribution < 1.29 is 4.80 Å². The van der Waals surface area contributed by atoms with E-state index in [9.17, 15) is 4.80 Å². The molecular formula is C8H19NOSi. The van der Waals surface area contributed by atoms with Crippen LogP contribution in [0.5, 0.6) is 0 Å². The van der Waals surface area contributed by atoms with Crippen LogP contribution in [0.2, 0.25) is 18.1 Å². The van der Waals surface area contributed by atoms with Crippen LogP contribution in [0.1, 0.15) is 27.7 Å². The molecule has 0 fully saturated rings. The number of hydrogen-bond donors (Lipinski definition) is 1. The van der Waals surface area contributed by atoms with Crippen molar-refractivity contribution in [3.63, 3.8) is 0 Å². The Morgan fingerprint density at radius 3 is 1.36 bits per heavy atom. The molecule has 2 nitrogen and oxygen atoms in total. The SMILES string of the molecule is CC#N.CC(C)(C)[Si](C)(C)O. The highest BCUT2D eigenvalue weighted by atomic mass is 28.4. The Bertz CT molecular complexity index is 124. The van der Waals surface area contributed by atoms with Crippen LogP contribution in [0.25, 0.3) is 0 Å². The van der Waals surface area contributed by atoms with E-state index < -0.39 is 8.32 Å². The molecular weight excluding hydrogens is 154 g/mol. The van der Waals surface area contributed by atoms with E-state index in [1.807, 2.05) is 13.1 Å². The molecule has 0 bridgehead atoms. The molecule has 0 spiro atoms. The Labute approximate surface area is 71.0 Å². The molecule has 11 heavy (non-hydrogen) atoms. The number of rotatable bonds is 0. The molecule has 66 valence electrons. The zero-order valence-electron chi connectivity index (χ0n) is 8.39. The van der Waals surface area contributed by atoms with E-state index >= 15 is 0 Å². The summed E-state index contributed by atoms with van der Waals surface area (Å²) in [6.45, 7) is 11.6. The second-order valence-corrected chi connectivity index (χ2v) is 8.65. The van der Waals surface area contributed by atoms with E-state index in [4.69, 9.17) is 5.26 Å². The average Bonchev–Trinajstić information content (AvgIpc) is 1.60. The van der Waals surface area contributed by atoms with Gasteiger partial charge < -0.3 is 4.80 Å². The highest BCUT2D eigenvalue weighted by Crippen LogP contribution is 2.33. The Morgan fingerprint density at radius 2 is 1.36 bits per heavy atom. The van der Waals surface area contributed by atoms with Crippen LogP contribution in [-0.2, 0) is 0 Å². The van der Waals surface area contributed by atoms with Crippen molar-refractivity contribution >= 4 is 8.32 Å². The fraction of sp³-hybridized carbons (Fsp3) is 0.875. The van der Waals surface area contributed by atoms with Gasteiger partial charge >= 0.3 is 0 Å². The lowest BCUT2D eigenvalue weighted by Gasteiger charge is -2.30. The fourth-order valence-electron chi connectivity index (χ4n) is 0. The Balaban J connectivity index is 0. The van der Waals surface area contributed by atoms with E-state index in [1.165, 1.54) is 6.92 Å². The van der Waals surface area contributed by atoms with Crippen molar-refractivity contribution in [1.82, 2.24) is 0 Å². The summed E-state index contributed by atoms with van der Waals surface area (Å²) in [5.74, 6) is 0. The third-order valence-corrected chi connectivity index (χ3v) is 5.51. The predicted octanol–water partition coefficient (Wildman–Crippen LogP) is 2.51. The first-order valence-corrected chi connectivity index (χ1v) is 6.64. The molecule has 0 saturated carbocycles. The molecule has 0 aromatic carbocycles. The van der Waals surface area contributed by atoms with Crippen molar-refractivity contribution in [2.45, 2.75) is 45.8 Å². The van der Waals surface area contributed by atoms with Crippen LogP contribution in [0.3, 0.4) is 0 Å². The maximum Gasteiger partial charge on any atom is 0.187 e. The zero-order chi connectivity index (χ0) is 9.71.